The van der Waals surface area contributed by atoms with E-state index in [1.165, 1.54) is 0 Å². The molecule has 1 fully saturated rings. The number of hydrogen-bond acceptors (Lipinski definition) is 8. The lowest BCUT2D eigenvalue weighted by Gasteiger charge is -2.42. The lowest BCUT2D eigenvalue weighted by molar-refractivity contribution is -0.121. The Balaban J connectivity index is 1.61. The number of ether oxygens (including phenoxy) is 2. The van der Waals surface area contributed by atoms with E-state index < -0.39 is 24.0 Å². The van der Waals surface area contributed by atoms with Crippen LogP contribution in [0.5, 0.6) is 5.75 Å². The van der Waals surface area contributed by atoms with Crippen molar-refractivity contribution in [2.75, 3.05) is 33.8 Å². The largest absolute Gasteiger partial charge is 0.507 e. The Bertz CT molecular complexity index is 1160. The zero-order valence-corrected chi connectivity index (χ0v) is 19.6. The number of phenols is 1. The van der Waals surface area contributed by atoms with Crippen LogP contribution < -0.4 is 5.32 Å². The van der Waals surface area contributed by atoms with Crippen molar-refractivity contribution in [3.63, 3.8) is 0 Å². The molecule has 8 heteroatoms. The van der Waals surface area contributed by atoms with Gasteiger partial charge in [0, 0.05) is 47.8 Å². The van der Waals surface area contributed by atoms with E-state index in [2.05, 4.69) is 5.32 Å². The third kappa shape index (κ3) is 3.76. The van der Waals surface area contributed by atoms with Gasteiger partial charge >= 0.3 is 0 Å². The van der Waals surface area contributed by atoms with E-state index in [0.717, 1.165) is 6.54 Å². The molecule has 2 aromatic carbocycles. The highest BCUT2D eigenvalue weighted by Crippen LogP contribution is 2.47. The number of likely N-dealkylation sites (N-methyl/N-ethyl adjacent to an activating group) is 1. The van der Waals surface area contributed by atoms with Crippen LogP contribution in [0.1, 0.15) is 62.4 Å². The first-order valence-electron chi connectivity index (χ1n) is 11.6. The van der Waals surface area contributed by atoms with E-state index >= 15 is 0 Å². The molecule has 0 spiro atoms. The summed E-state index contributed by atoms with van der Waals surface area (Å²) >= 11 is 0. The zero-order chi connectivity index (χ0) is 24.2. The van der Waals surface area contributed by atoms with Crippen LogP contribution in [0.25, 0.3) is 0 Å². The van der Waals surface area contributed by atoms with Crippen molar-refractivity contribution < 1.29 is 29.3 Å². The number of ketones is 2. The summed E-state index contributed by atoms with van der Waals surface area (Å²) in [4.78, 5) is 28.6. The molecule has 2 aromatic rings. The van der Waals surface area contributed by atoms with Gasteiger partial charge in [-0.05, 0) is 39.1 Å². The van der Waals surface area contributed by atoms with Crippen LogP contribution in [0.4, 0.5) is 0 Å². The first kappa shape index (κ1) is 23.1. The number of aliphatic hydroxyl groups is 1. The smallest absolute Gasteiger partial charge is 0.198 e. The van der Waals surface area contributed by atoms with Gasteiger partial charge in [-0.3, -0.25) is 9.59 Å². The topological polar surface area (TPSA) is 108 Å². The van der Waals surface area contributed by atoms with Crippen molar-refractivity contribution in [3.05, 3.63) is 63.7 Å². The van der Waals surface area contributed by atoms with Gasteiger partial charge in [0.1, 0.15) is 11.9 Å². The van der Waals surface area contributed by atoms with Crippen molar-refractivity contribution in [1.82, 2.24) is 10.2 Å². The third-order valence-corrected chi connectivity index (χ3v) is 7.10. The molecule has 0 saturated carbocycles. The average Bonchev–Trinajstić information content (AvgIpc) is 3.24. The molecule has 3 aliphatic rings. The Labute approximate surface area is 198 Å². The third-order valence-electron chi connectivity index (χ3n) is 7.10. The van der Waals surface area contributed by atoms with E-state index in [4.69, 9.17) is 9.47 Å². The Morgan fingerprint density at radius 1 is 1.15 bits per heavy atom. The highest BCUT2D eigenvalue weighted by atomic mass is 16.7. The molecule has 8 nitrogen and oxygen atoms in total. The van der Waals surface area contributed by atoms with Crippen molar-refractivity contribution in [3.8, 4) is 5.75 Å². The number of rotatable bonds is 5. The van der Waals surface area contributed by atoms with Crippen molar-refractivity contribution >= 4 is 11.6 Å². The van der Waals surface area contributed by atoms with Gasteiger partial charge in [0.15, 0.2) is 17.9 Å². The highest BCUT2D eigenvalue weighted by Gasteiger charge is 2.49. The molecule has 2 aliphatic carbocycles. The molecule has 0 bridgehead atoms. The molecule has 1 aliphatic heterocycles. The summed E-state index contributed by atoms with van der Waals surface area (Å²) in [6, 6.07) is 7.91. The summed E-state index contributed by atoms with van der Waals surface area (Å²) in [5, 5.41) is 26.5. The molecule has 180 valence electrons. The second kappa shape index (κ2) is 8.55. The summed E-state index contributed by atoms with van der Waals surface area (Å²) in [6.07, 6.45) is -0.494. The monoisotopic (exact) mass is 466 g/mol. The zero-order valence-electron chi connectivity index (χ0n) is 19.6. The van der Waals surface area contributed by atoms with Crippen LogP contribution in [-0.2, 0) is 15.9 Å². The molecule has 5 rings (SSSR count). The van der Waals surface area contributed by atoms with Gasteiger partial charge < -0.3 is 29.9 Å². The molecule has 0 radical (unpaired) electrons. The number of fused-ring (bicyclic) bond motifs is 3. The van der Waals surface area contributed by atoms with Gasteiger partial charge in [-0.25, -0.2) is 0 Å². The fourth-order valence-corrected chi connectivity index (χ4v) is 5.40. The quantitative estimate of drug-likeness (QED) is 0.523. The number of aromatic hydroxyl groups is 1. The summed E-state index contributed by atoms with van der Waals surface area (Å²) in [6.45, 7) is 3.41. The number of hydrogen-bond donors (Lipinski definition) is 3. The minimum Gasteiger partial charge on any atom is -0.507 e. The van der Waals surface area contributed by atoms with Crippen LogP contribution in [0.15, 0.2) is 30.3 Å². The fraction of sp³-hybridized carbons (Fsp3) is 0.462. The number of carbonyl (C=O) groups excluding carboxylic acids is 2. The van der Waals surface area contributed by atoms with Gasteiger partial charge in [0.25, 0.3) is 0 Å². The molecule has 3 N–H and O–H groups in total. The molecular weight excluding hydrogens is 436 g/mol. The molecule has 0 aromatic heterocycles. The maximum absolute atomic E-state index is 13.3. The van der Waals surface area contributed by atoms with Crippen molar-refractivity contribution in [2.45, 2.75) is 43.8 Å². The highest BCUT2D eigenvalue weighted by molar-refractivity contribution is 6.29. The van der Waals surface area contributed by atoms with Gasteiger partial charge in [-0.2, -0.15) is 0 Å². The number of carbonyl (C=O) groups is 2. The Kier molecular flexibility index (Phi) is 5.82. The Morgan fingerprint density at radius 2 is 1.85 bits per heavy atom. The summed E-state index contributed by atoms with van der Waals surface area (Å²) in [7, 11) is 3.93. The second-order valence-corrected chi connectivity index (χ2v) is 9.74. The molecule has 4 atom stereocenters. The number of benzene rings is 2. The van der Waals surface area contributed by atoms with E-state index in [1.54, 1.807) is 37.3 Å². The maximum atomic E-state index is 13.3. The number of phenolic OH excluding ortho intramolecular Hbond substituents is 1. The standard InChI is InChI=1S/C26H30N2O6/c1-14-33-13-20(34-14)26(32)11-15-10-18-22(24(30)17-7-5-4-6-16(17)23(18)29)25(31)21(15)19(12-26)27-8-9-28(2)3/h4-7,10,14,19-20,27,31-32H,8-9,11-13H2,1-3H3. The van der Waals surface area contributed by atoms with Crippen LogP contribution in [0, 0.1) is 0 Å². The Hall–Kier alpha value is -2.62. The van der Waals surface area contributed by atoms with Crippen molar-refractivity contribution in [2.24, 2.45) is 0 Å². The Morgan fingerprint density at radius 3 is 2.50 bits per heavy atom. The van der Waals surface area contributed by atoms with E-state index in [1.807, 2.05) is 19.0 Å². The summed E-state index contributed by atoms with van der Waals surface area (Å²) in [5.74, 6) is -0.843. The van der Waals surface area contributed by atoms with Crippen LogP contribution >= 0.6 is 0 Å². The van der Waals surface area contributed by atoms with Crippen LogP contribution in [0.3, 0.4) is 0 Å². The lowest BCUT2D eigenvalue weighted by Crippen LogP contribution is -2.51. The SMILES string of the molecule is CC1OCC(C2(O)Cc3cc4c(c(O)c3C(NCCN(C)C)C2)C(=O)c2ccccc2C4=O)O1. The number of nitrogens with one attached hydrogen (secondary N) is 1. The van der Waals surface area contributed by atoms with Gasteiger partial charge in [-0.1, -0.05) is 24.3 Å². The predicted octanol–water partition coefficient (Wildman–Crippen LogP) is 1.80. The molecule has 4 unspecified atom stereocenters. The molecule has 0 amide bonds. The minimum absolute atomic E-state index is 0.0429. The number of nitrogens with zero attached hydrogens (tertiary/aromatic N) is 1. The molecule has 1 saturated heterocycles. The second-order valence-electron chi connectivity index (χ2n) is 9.74. The first-order valence-corrected chi connectivity index (χ1v) is 11.6. The van der Waals surface area contributed by atoms with Crippen LogP contribution in [0.2, 0.25) is 0 Å². The molecule has 1 heterocycles. The van der Waals surface area contributed by atoms with E-state index in [0.29, 0.717) is 28.8 Å². The van der Waals surface area contributed by atoms with E-state index in [9.17, 15) is 19.8 Å². The first-order chi connectivity index (χ1) is 16.2. The van der Waals surface area contributed by atoms with Gasteiger partial charge in [0.2, 0.25) is 0 Å². The van der Waals surface area contributed by atoms with Gasteiger partial charge in [0.05, 0.1) is 17.8 Å². The van der Waals surface area contributed by atoms with E-state index in [-0.39, 0.29) is 47.9 Å². The summed E-state index contributed by atoms with van der Waals surface area (Å²) < 4.78 is 11.4. The van der Waals surface area contributed by atoms with Gasteiger partial charge in [-0.15, -0.1) is 0 Å². The summed E-state index contributed by atoms with van der Waals surface area (Å²) in [5.41, 5.74) is 0.784. The predicted molar refractivity (Wildman–Crippen MR) is 124 cm³/mol. The molecule has 34 heavy (non-hydrogen) atoms. The lowest BCUT2D eigenvalue weighted by atomic mass is 9.71. The normalized spacial score (nSPS) is 28.1. The van der Waals surface area contributed by atoms with Crippen LogP contribution in [-0.4, -0.2) is 78.5 Å². The fourth-order valence-electron chi connectivity index (χ4n) is 5.40. The molecular formula is C26H30N2O6. The minimum atomic E-state index is -1.26. The van der Waals surface area contributed by atoms with Crippen molar-refractivity contribution in [1.29, 1.82) is 0 Å². The average molecular weight is 467 g/mol. The maximum Gasteiger partial charge on any atom is 0.198 e.